The van der Waals surface area contributed by atoms with Crippen molar-refractivity contribution in [2.24, 2.45) is 0 Å². The molecule has 0 aromatic heterocycles. The zero-order valence-electron chi connectivity index (χ0n) is 12.3. The number of nitro groups is 1. The number of benzene rings is 2. The molecule has 23 heavy (non-hydrogen) atoms. The summed E-state index contributed by atoms with van der Waals surface area (Å²) in [6, 6.07) is 11.7. The van der Waals surface area contributed by atoms with E-state index in [9.17, 15) is 15.4 Å². The van der Waals surface area contributed by atoms with E-state index in [1.807, 2.05) is 13.0 Å². The van der Waals surface area contributed by atoms with Crippen LogP contribution in [0.4, 0.5) is 5.69 Å². The molecule has 2 aromatic rings. The lowest BCUT2D eigenvalue weighted by molar-refractivity contribution is -0.384. The Morgan fingerprint density at radius 1 is 1.30 bits per heavy atom. The average Bonchev–Trinajstić information content (AvgIpc) is 2.99. The molecule has 0 atom stereocenters. The average molecular weight is 308 g/mol. The Labute approximate surface area is 132 Å². The predicted molar refractivity (Wildman–Crippen MR) is 83.9 cm³/mol. The maximum absolute atomic E-state index is 10.9. The molecule has 0 bridgehead atoms. The summed E-state index contributed by atoms with van der Waals surface area (Å²) in [6.07, 6.45) is 1.69. The van der Waals surface area contributed by atoms with Gasteiger partial charge >= 0.3 is 0 Å². The van der Waals surface area contributed by atoms with Crippen molar-refractivity contribution in [1.29, 1.82) is 5.26 Å². The van der Waals surface area contributed by atoms with Crippen LogP contribution in [0.25, 0.3) is 11.6 Å². The van der Waals surface area contributed by atoms with E-state index in [2.05, 4.69) is 6.07 Å². The van der Waals surface area contributed by atoms with E-state index >= 15 is 0 Å². The van der Waals surface area contributed by atoms with Crippen molar-refractivity contribution in [3.63, 3.8) is 0 Å². The molecule has 0 N–H and O–H groups in total. The molecular weight excluding hydrogens is 296 g/mol. The van der Waals surface area contributed by atoms with Gasteiger partial charge in [-0.25, -0.2) is 0 Å². The van der Waals surface area contributed by atoms with Crippen molar-refractivity contribution in [1.82, 2.24) is 0 Å². The molecule has 0 spiro atoms. The van der Waals surface area contributed by atoms with Gasteiger partial charge in [-0.05, 0) is 41.8 Å². The molecule has 0 unspecified atom stereocenters. The molecule has 114 valence electrons. The molecule has 0 saturated heterocycles. The van der Waals surface area contributed by atoms with Gasteiger partial charge in [-0.1, -0.05) is 12.1 Å². The summed E-state index contributed by atoms with van der Waals surface area (Å²) in [5, 5.41) is 20.3. The number of fused-ring (bicyclic) bond motifs is 1. The van der Waals surface area contributed by atoms with Crippen LogP contribution in [0.5, 0.6) is 11.5 Å². The Hall–Kier alpha value is -3.33. The highest BCUT2D eigenvalue weighted by Gasteiger charge is 2.16. The number of ether oxygens (including phenoxy) is 2. The molecule has 0 saturated carbocycles. The van der Waals surface area contributed by atoms with E-state index in [1.165, 1.54) is 12.1 Å². The van der Waals surface area contributed by atoms with Crippen molar-refractivity contribution in [3.05, 3.63) is 63.2 Å². The van der Waals surface area contributed by atoms with Gasteiger partial charge in [0, 0.05) is 12.1 Å². The SMILES string of the molecule is Cc1cc2c(cc1C=C(C#N)c1cccc([N+](=O)[O-])c1)OCO2. The number of nitrogens with zero attached hydrogens (tertiary/aromatic N) is 2. The third-order valence-electron chi connectivity index (χ3n) is 3.55. The minimum Gasteiger partial charge on any atom is -0.454 e. The van der Waals surface area contributed by atoms with Crippen molar-refractivity contribution in [2.45, 2.75) is 6.92 Å². The number of hydrogen-bond acceptors (Lipinski definition) is 5. The lowest BCUT2D eigenvalue weighted by Gasteiger charge is -2.05. The minimum absolute atomic E-state index is 0.0499. The van der Waals surface area contributed by atoms with Crippen molar-refractivity contribution >= 4 is 17.3 Å². The molecule has 3 rings (SSSR count). The minimum atomic E-state index is -0.482. The topological polar surface area (TPSA) is 85.4 Å². The summed E-state index contributed by atoms with van der Waals surface area (Å²) >= 11 is 0. The monoisotopic (exact) mass is 308 g/mol. The molecular formula is C17H12N2O4. The van der Waals surface area contributed by atoms with E-state index in [-0.39, 0.29) is 12.5 Å². The first-order valence-corrected chi connectivity index (χ1v) is 6.85. The lowest BCUT2D eigenvalue weighted by Crippen LogP contribution is -1.92. The van der Waals surface area contributed by atoms with Crippen LogP contribution in [0, 0.1) is 28.4 Å². The van der Waals surface area contributed by atoms with Crippen LogP contribution < -0.4 is 9.47 Å². The molecule has 0 amide bonds. The van der Waals surface area contributed by atoms with Gasteiger partial charge in [-0.15, -0.1) is 0 Å². The van der Waals surface area contributed by atoms with E-state index in [0.29, 0.717) is 22.6 Å². The van der Waals surface area contributed by atoms with Crippen molar-refractivity contribution in [3.8, 4) is 17.6 Å². The van der Waals surface area contributed by atoms with Gasteiger partial charge in [-0.3, -0.25) is 10.1 Å². The van der Waals surface area contributed by atoms with Gasteiger partial charge < -0.3 is 9.47 Å². The number of allylic oxidation sites excluding steroid dienone is 1. The fourth-order valence-corrected chi connectivity index (χ4v) is 2.34. The van der Waals surface area contributed by atoms with Gasteiger partial charge in [0.1, 0.15) is 0 Å². The second kappa shape index (κ2) is 5.81. The summed E-state index contributed by atoms with van der Waals surface area (Å²) in [7, 11) is 0. The normalized spacial score (nSPS) is 12.8. The van der Waals surface area contributed by atoms with Crippen LogP contribution in [-0.2, 0) is 0 Å². The molecule has 6 nitrogen and oxygen atoms in total. The van der Waals surface area contributed by atoms with Crippen molar-refractivity contribution in [2.75, 3.05) is 6.79 Å². The second-order valence-corrected chi connectivity index (χ2v) is 5.04. The van der Waals surface area contributed by atoms with E-state index < -0.39 is 4.92 Å². The molecule has 0 aliphatic carbocycles. The third-order valence-corrected chi connectivity index (χ3v) is 3.55. The third kappa shape index (κ3) is 2.85. The molecule has 6 heteroatoms. The van der Waals surface area contributed by atoms with E-state index in [1.54, 1.807) is 24.3 Å². The van der Waals surface area contributed by atoms with Crippen molar-refractivity contribution < 1.29 is 14.4 Å². The Kier molecular flexibility index (Phi) is 3.69. The van der Waals surface area contributed by atoms with Crippen LogP contribution >= 0.6 is 0 Å². The fourth-order valence-electron chi connectivity index (χ4n) is 2.34. The van der Waals surface area contributed by atoms with Gasteiger partial charge in [0.2, 0.25) is 6.79 Å². The predicted octanol–water partition coefficient (Wildman–Crippen LogP) is 3.70. The van der Waals surface area contributed by atoms with Crippen LogP contribution in [0.3, 0.4) is 0 Å². The number of aryl methyl sites for hydroxylation is 1. The van der Waals surface area contributed by atoms with E-state index in [0.717, 1.165) is 11.1 Å². The zero-order valence-corrected chi connectivity index (χ0v) is 12.3. The summed E-state index contributed by atoms with van der Waals surface area (Å²) in [6.45, 7) is 2.08. The van der Waals surface area contributed by atoms with Crippen LogP contribution in [0.1, 0.15) is 16.7 Å². The lowest BCUT2D eigenvalue weighted by atomic mass is 10.0. The molecule has 0 fully saturated rings. The molecule has 2 aromatic carbocycles. The number of nitro benzene ring substituents is 1. The first-order chi connectivity index (χ1) is 11.1. The molecule has 0 radical (unpaired) electrons. The smallest absolute Gasteiger partial charge is 0.270 e. The van der Waals surface area contributed by atoms with Crippen LogP contribution in [0.2, 0.25) is 0 Å². The van der Waals surface area contributed by atoms with Gasteiger partial charge in [0.25, 0.3) is 5.69 Å². The molecule has 1 aliphatic rings. The first kappa shape index (κ1) is 14.6. The highest BCUT2D eigenvalue weighted by molar-refractivity contribution is 5.91. The molecule has 1 heterocycles. The summed E-state index contributed by atoms with van der Waals surface area (Å²) in [4.78, 5) is 10.4. The Balaban J connectivity index is 2.05. The highest BCUT2D eigenvalue weighted by atomic mass is 16.7. The summed E-state index contributed by atoms with van der Waals surface area (Å²) in [5.41, 5.74) is 2.52. The Bertz CT molecular complexity index is 865. The Morgan fingerprint density at radius 3 is 2.74 bits per heavy atom. The van der Waals surface area contributed by atoms with E-state index in [4.69, 9.17) is 9.47 Å². The number of nitriles is 1. The quantitative estimate of drug-likeness (QED) is 0.373. The summed E-state index contributed by atoms with van der Waals surface area (Å²) in [5.74, 6) is 1.30. The van der Waals surface area contributed by atoms with Gasteiger partial charge in [0.05, 0.1) is 16.6 Å². The van der Waals surface area contributed by atoms with Gasteiger partial charge in [-0.2, -0.15) is 5.26 Å². The summed E-state index contributed by atoms with van der Waals surface area (Å²) < 4.78 is 10.7. The zero-order chi connectivity index (χ0) is 16.4. The maximum Gasteiger partial charge on any atom is 0.270 e. The van der Waals surface area contributed by atoms with Gasteiger partial charge in [0.15, 0.2) is 11.5 Å². The fraction of sp³-hybridized carbons (Fsp3) is 0.118. The largest absolute Gasteiger partial charge is 0.454 e. The Morgan fingerprint density at radius 2 is 2.04 bits per heavy atom. The number of non-ortho nitro benzene ring substituents is 1. The first-order valence-electron chi connectivity index (χ1n) is 6.85. The van der Waals surface area contributed by atoms with Crippen LogP contribution in [-0.4, -0.2) is 11.7 Å². The standard InChI is InChI=1S/C17H12N2O4/c1-11-5-16-17(23-10-22-16)8-13(11)6-14(9-18)12-3-2-4-15(7-12)19(20)21/h2-8H,10H2,1H3. The maximum atomic E-state index is 10.9. The highest BCUT2D eigenvalue weighted by Crippen LogP contribution is 2.36. The van der Waals surface area contributed by atoms with Crippen LogP contribution in [0.15, 0.2) is 36.4 Å². The number of hydrogen-bond donors (Lipinski definition) is 0. The number of rotatable bonds is 3. The molecule has 1 aliphatic heterocycles. The second-order valence-electron chi connectivity index (χ2n) is 5.04.